The lowest BCUT2D eigenvalue weighted by molar-refractivity contribution is -0.325. The van der Waals surface area contributed by atoms with Gasteiger partial charge in [-0.05, 0) is 37.5 Å². The maximum absolute atomic E-state index is 11.1. The number of ether oxygens (including phenoxy) is 2. The molecular formula is C21H36O7. The summed E-state index contributed by atoms with van der Waals surface area (Å²) in [7, 11) is 0. The molecule has 5 N–H and O–H groups in total. The molecule has 0 aromatic heterocycles. The fourth-order valence-corrected chi connectivity index (χ4v) is 5.60. The summed E-state index contributed by atoms with van der Waals surface area (Å²) in [5.74, 6) is 0.484. The average Bonchev–Trinajstić information content (AvgIpc) is 2.63. The highest BCUT2D eigenvalue weighted by Gasteiger charge is 2.55. The lowest BCUT2D eigenvalue weighted by Gasteiger charge is -2.56. The van der Waals surface area contributed by atoms with E-state index in [2.05, 4.69) is 27.4 Å². The molecule has 7 heteroatoms. The first-order chi connectivity index (χ1) is 13.1. The molecular weight excluding hydrogens is 364 g/mol. The zero-order chi connectivity index (χ0) is 20.8. The first-order valence-corrected chi connectivity index (χ1v) is 10.4. The van der Waals surface area contributed by atoms with Crippen LogP contribution in [0.3, 0.4) is 0 Å². The van der Waals surface area contributed by atoms with Crippen LogP contribution in [0.2, 0.25) is 0 Å². The molecule has 10 atom stereocenters. The second-order valence-corrected chi connectivity index (χ2v) is 9.44. The Balaban J connectivity index is 1.80. The molecule has 1 heterocycles. The Hall–Kier alpha value is -0.540. The van der Waals surface area contributed by atoms with Crippen molar-refractivity contribution in [2.75, 3.05) is 6.61 Å². The number of aliphatic hydroxyl groups is 5. The van der Waals surface area contributed by atoms with Gasteiger partial charge in [-0.15, -0.1) is 0 Å². The molecule has 0 aromatic rings. The van der Waals surface area contributed by atoms with Crippen LogP contribution in [0.5, 0.6) is 0 Å². The van der Waals surface area contributed by atoms with E-state index in [1.165, 1.54) is 0 Å². The maximum atomic E-state index is 11.1. The summed E-state index contributed by atoms with van der Waals surface area (Å²) < 4.78 is 11.7. The third kappa shape index (κ3) is 3.67. The van der Waals surface area contributed by atoms with Crippen molar-refractivity contribution in [2.45, 2.75) is 89.4 Å². The van der Waals surface area contributed by atoms with Gasteiger partial charge in [0, 0.05) is 11.3 Å². The minimum Gasteiger partial charge on any atom is -0.394 e. The summed E-state index contributed by atoms with van der Waals surface area (Å²) >= 11 is 0. The Morgan fingerprint density at radius 1 is 1.11 bits per heavy atom. The molecule has 2 saturated carbocycles. The third-order valence-electron chi connectivity index (χ3n) is 7.41. The van der Waals surface area contributed by atoms with E-state index < -0.39 is 43.4 Å². The van der Waals surface area contributed by atoms with E-state index in [0.29, 0.717) is 18.8 Å². The van der Waals surface area contributed by atoms with Gasteiger partial charge in [-0.2, -0.15) is 0 Å². The van der Waals surface area contributed by atoms with E-state index in [9.17, 15) is 25.5 Å². The molecule has 3 aliphatic rings. The van der Waals surface area contributed by atoms with Crippen LogP contribution in [-0.4, -0.2) is 75.1 Å². The zero-order valence-electron chi connectivity index (χ0n) is 17.1. The lowest BCUT2D eigenvalue weighted by Crippen LogP contribution is -2.62. The number of aliphatic hydroxyl groups excluding tert-OH is 5. The van der Waals surface area contributed by atoms with Crippen LogP contribution in [0.4, 0.5) is 0 Å². The van der Waals surface area contributed by atoms with Gasteiger partial charge < -0.3 is 35.0 Å². The summed E-state index contributed by atoms with van der Waals surface area (Å²) in [5.41, 5.74) is 0.674. The fourth-order valence-electron chi connectivity index (χ4n) is 5.60. The van der Waals surface area contributed by atoms with Gasteiger partial charge >= 0.3 is 0 Å². The van der Waals surface area contributed by atoms with E-state index >= 15 is 0 Å². The van der Waals surface area contributed by atoms with Crippen molar-refractivity contribution < 1.29 is 35.0 Å². The Kier molecular flexibility index (Phi) is 6.57. The molecule has 0 spiro atoms. The Morgan fingerprint density at radius 3 is 2.39 bits per heavy atom. The third-order valence-corrected chi connectivity index (χ3v) is 7.41. The fraction of sp³-hybridized carbons (Fsp3) is 0.905. The Morgan fingerprint density at radius 2 is 1.79 bits per heavy atom. The number of hydrogen-bond acceptors (Lipinski definition) is 7. The summed E-state index contributed by atoms with van der Waals surface area (Å²) in [6.07, 6.45) is -4.08. The highest BCUT2D eigenvalue weighted by Crippen LogP contribution is 2.55. The van der Waals surface area contributed by atoms with Crippen molar-refractivity contribution in [2.24, 2.45) is 23.2 Å². The summed E-state index contributed by atoms with van der Waals surface area (Å²) in [5, 5.41) is 50.9. The average molecular weight is 401 g/mol. The summed E-state index contributed by atoms with van der Waals surface area (Å²) in [6, 6.07) is 0. The molecule has 1 saturated heterocycles. The van der Waals surface area contributed by atoms with Crippen molar-refractivity contribution in [3.63, 3.8) is 0 Å². The molecule has 0 aromatic carbocycles. The van der Waals surface area contributed by atoms with Crippen molar-refractivity contribution in [3.05, 3.63) is 12.2 Å². The van der Waals surface area contributed by atoms with E-state index in [4.69, 9.17) is 9.47 Å². The zero-order valence-corrected chi connectivity index (χ0v) is 17.1. The summed E-state index contributed by atoms with van der Waals surface area (Å²) in [4.78, 5) is 0. The van der Waals surface area contributed by atoms with E-state index in [-0.39, 0.29) is 23.4 Å². The normalized spacial score (nSPS) is 49.9. The molecule has 3 fully saturated rings. The largest absolute Gasteiger partial charge is 0.394 e. The summed E-state index contributed by atoms with van der Waals surface area (Å²) in [6.45, 7) is 10.1. The van der Waals surface area contributed by atoms with Gasteiger partial charge in [-0.3, -0.25) is 0 Å². The minimum atomic E-state index is -1.46. The molecule has 1 aliphatic heterocycles. The molecule has 0 amide bonds. The second kappa shape index (κ2) is 8.30. The van der Waals surface area contributed by atoms with Crippen LogP contribution < -0.4 is 0 Å². The van der Waals surface area contributed by atoms with Gasteiger partial charge in [0.05, 0.1) is 18.8 Å². The van der Waals surface area contributed by atoms with E-state index in [0.717, 1.165) is 18.4 Å². The SMILES string of the molecule is C=C1CC[C@@H](O[C@@H]2O[C@H](CO)[C@@H](O)[C@H](O)[C@H]2O)[C@]2(C)CC[C@@H](C(C)C)[C@H](O)[C@@H]12. The Labute approximate surface area is 167 Å². The van der Waals surface area contributed by atoms with Crippen LogP contribution in [0.25, 0.3) is 0 Å². The molecule has 28 heavy (non-hydrogen) atoms. The predicted octanol–water partition coefficient (Wildman–Crippen LogP) is 0.571. The van der Waals surface area contributed by atoms with E-state index in [1.54, 1.807) is 0 Å². The molecule has 0 radical (unpaired) electrons. The Bertz CT molecular complexity index is 565. The molecule has 0 unspecified atom stereocenters. The minimum absolute atomic E-state index is 0.0997. The van der Waals surface area contributed by atoms with Crippen LogP contribution in [0.15, 0.2) is 12.2 Å². The topological polar surface area (TPSA) is 120 Å². The van der Waals surface area contributed by atoms with Crippen molar-refractivity contribution >= 4 is 0 Å². The smallest absolute Gasteiger partial charge is 0.186 e. The van der Waals surface area contributed by atoms with Gasteiger partial charge in [0.25, 0.3) is 0 Å². The van der Waals surface area contributed by atoms with Gasteiger partial charge in [-0.25, -0.2) is 0 Å². The van der Waals surface area contributed by atoms with Crippen LogP contribution >= 0.6 is 0 Å². The standard InChI is InChI=1S/C21H36O7/c1-10(2)12-7-8-21(4)14(6-5-11(3)15(21)16(12)23)28-20-19(26)18(25)17(24)13(9-22)27-20/h10,12-20,22-26H,3,5-9H2,1-2,4H3/t12-,13+,14+,15+,16-,17+,18-,19+,20-,21-/m0/s1. The molecule has 3 rings (SSSR count). The lowest BCUT2D eigenvalue weighted by atomic mass is 9.53. The van der Waals surface area contributed by atoms with Crippen molar-refractivity contribution in [3.8, 4) is 0 Å². The monoisotopic (exact) mass is 400 g/mol. The molecule has 0 bridgehead atoms. The first kappa shape index (κ1) is 22.2. The van der Waals surface area contributed by atoms with Crippen LogP contribution in [0.1, 0.15) is 46.5 Å². The highest BCUT2D eigenvalue weighted by atomic mass is 16.7. The van der Waals surface area contributed by atoms with Gasteiger partial charge in [-0.1, -0.05) is 32.9 Å². The number of hydrogen-bond donors (Lipinski definition) is 5. The number of rotatable bonds is 4. The quantitative estimate of drug-likeness (QED) is 0.438. The van der Waals surface area contributed by atoms with Crippen molar-refractivity contribution in [1.82, 2.24) is 0 Å². The van der Waals surface area contributed by atoms with Crippen molar-refractivity contribution in [1.29, 1.82) is 0 Å². The molecule has 7 nitrogen and oxygen atoms in total. The maximum Gasteiger partial charge on any atom is 0.186 e. The van der Waals surface area contributed by atoms with Gasteiger partial charge in [0.2, 0.25) is 0 Å². The van der Waals surface area contributed by atoms with Gasteiger partial charge in [0.1, 0.15) is 24.4 Å². The number of fused-ring (bicyclic) bond motifs is 1. The van der Waals surface area contributed by atoms with Crippen LogP contribution in [-0.2, 0) is 9.47 Å². The predicted molar refractivity (Wildman–Crippen MR) is 102 cm³/mol. The van der Waals surface area contributed by atoms with Gasteiger partial charge in [0.15, 0.2) is 6.29 Å². The second-order valence-electron chi connectivity index (χ2n) is 9.44. The van der Waals surface area contributed by atoms with E-state index in [1.807, 2.05) is 0 Å². The van der Waals surface area contributed by atoms with Crippen LogP contribution in [0, 0.1) is 23.2 Å². The highest BCUT2D eigenvalue weighted by molar-refractivity contribution is 5.18. The molecule has 2 aliphatic carbocycles. The first-order valence-electron chi connectivity index (χ1n) is 10.4. The molecule has 162 valence electrons.